The van der Waals surface area contributed by atoms with Crippen molar-refractivity contribution in [1.82, 2.24) is 0 Å². The van der Waals surface area contributed by atoms with E-state index in [0.29, 0.717) is 0 Å². The summed E-state index contributed by atoms with van der Waals surface area (Å²) in [5, 5.41) is 0. The third-order valence-electron chi connectivity index (χ3n) is 4.64. The fourth-order valence-corrected chi connectivity index (χ4v) is 3.24. The molecule has 0 aromatic heterocycles. The standard InChI is InChI=1S/C22H25NO/c1-16-15-18-7-5-6-8-20(18)23(16)21(24)14-11-17-9-12-19(13-10-17)22(2,3)4/h5-14,16H,15H2,1-4H3/b14-11+. The van der Waals surface area contributed by atoms with Crippen LogP contribution in [0.1, 0.15) is 44.4 Å². The number of carbonyl (C=O) groups is 1. The van der Waals surface area contributed by atoms with Gasteiger partial charge in [0.1, 0.15) is 0 Å². The smallest absolute Gasteiger partial charge is 0.251 e. The summed E-state index contributed by atoms with van der Waals surface area (Å²) in [6, 6.07) is 16.8. The van der Waals surface area contributed by atoms with E-state index in [1.165, 1.54) is 11.1 Å². The molecule has 2 aromatic carbocycles. The maximum absolute atomic E-state index is 12.7. The maximum atomic E-state index is 12.7. The molecule has 124 valence electrons. The molecule has 0 N–H and O–H groups in total. The second-order valence-corrected chi connectivity index (χ2v) is 7.60. The fourth-order valence-electron chi connectivity index (χ4n) is 3.24. The lowest BCUT2D eigenvalue weighted by Gasteiger charge is -2.21. The summed E-state index contributed by atoms with van der Waals surface area (Å²) in [4.78, 5) is 14.6. The summed E-state index contributed by atoms with van der Waals surface area (Å²) in [6.07, 6.45) is 4.52. The second kappa shape index (κ2) is 6.27. The Morgan fingerprint density at radius 1 is 1.08 bits per heavy atom. The van der Waals surface area contributed by atoms with E-state index in [9.17, 15) is 4.79 Å². The highest BCUT2D eigenvalue weighted by Crippen LogP contribution is 2.32. The van der Waals surface area contributed by atoms with E-state index in [4.69, 9.17) is 0 Å². The zero-order valence-corrected chi connectivity index (χ0v) is 14.9. The van der Waals surface area contributed by atoms with Crippen LogP contribution in [0.25, 0.3) is 6.08 Å². The summed E-state index contributed by atoms with van der Waals surface area (Å²) in [5.74, 6) is 0.0485. The number of nitrogens with zero attached hydrogens (tertiary/aromatic N) is 1. The van der Waals surface area contributed by atoms with Gasteiger partial charge in [-0.3, -0.25) is 4.79 Å². The van der Waals surface area contributed by atoms with Crippen LogP contribution in [0.2, 0.25) is 0 Å². The topological polar surface area (TPSA) is 20.3 Å². The summed E-state index contributed by atoms with van der Waals surface area (Å²) < 4.78 is 0. The molecular weight excluding hydrogens is 294 g/mol. The van der Waals surface area contributed by atoms with E-state index < -0.39 is 0 Å². The zero-order chi connectivity index (χ0) is 17.3. The molecule has 3 rings (SSSR count). The Morgan fingerprint density at radius 2 is 1.75 bits per heavy atom. The molecular formula is C22H25NO. The van der Waals surface area contributed by atoms with Gasteiger partial charge in [-0.15, -0.1) is 0 Å². The maximum Gasteiger partial charge on any atom is 0.251 e. The number of anilines is 1. The largest absolute Gasteiger partial charge is 0.305 e. The van der Waals surface area contributed by atoms with E-state index in [1.807, 2.05) is 29.2 Å². The normalized spacial score (nSPS) is 17.3. The molecule has 0 fully saturated rings. The van der Waals surface area contributed by atoms with Crippen molar-refractivity contribution in [2.45, 2.75) is 45.6 Å². The molecule has 1 aliphatic heterocycles. The van der Waals surface area contributed by atoms with Crippen LogP contribution in [-0.2, 0) is 16.6 Å². The van der Waals surface area contributed by atoms with Crippen molar-refractivity contribution in [3.05, 3.63) is 71.3 Å². The lowest BCUT2D eigenvalue weighted by molar-refractivity contribution is -0.114. The van der Waals surface area contributed by atoms with Gasteiger partial charge in [-0.1, -0.05) is 63.2 Å². The van der Waals surface area contributed by atoms with E-state index in [2.05, 4.69) is 58.0 Å². The first-order valence-electron chi connectivity index (χ1n) is 8.56. The third kappa shape index (κ3) is 3.28. The molecule has 2 heteroatoms. The molecule has 0 bridgehead atoms. The zero-order valence-electron chi connectivity index (χ0n) is 14.9. The SMILES string of the molecule is CC1Cc2ccccc2N1C(=O)/C=C/c1ccc(C(C)(C)C)cc1. The van der Waals surface area contributed by atoms with Crippen LogP contribution in [-0.4, -0.2) is 11.9 Å². The average Bonchev–Trinajstić information content (AvgIpc) is 2.88. The predicted molar refractivity (Wildman–Crippen MR) is 101 cm³/mol. The molecule has 0 spiro atoms. The minimum absolute atomic E-state index is 0.0485. The molecule has 1 aliphatic rings. The lowest BCUT2D eigenvalue weighted by Crippen LogP contribution is -2.34. The molecule has 1 amide bonds. The number of fused-ring (bicyclic) bond motifs is 1. The van der Waals surface area contributed by atoms with Gasteiger partial charge in [0.25, 0.3) is 5.91 Å². The van der Waals surface area contributed by atoms with E-state index in [-0.39, 0.29) is 17.4 Å². The Bertz CT molecular complexity index is 765. The summed E-state index contributed by atoms with van der Waals surface area (Å²) in [5.41, 5.74) is 4.79. The van der Waals surface area contributed by atoms with Crippen LogP contribution >= 0.6 is 0 Å². The molecule has 24 heavy (non-hydrogen) atoms. The average molecular weight is 319 g/mol. The van der Waals surface area contributed by atoms with Crippen molar-refractivity contribution >= 4 is 17.7 Å². The minimum Gasteiger partial charge on any atom is -0.305 e. The van der Waals surface area contributed by atoms with Gasteiger partial charge < -0.3 is 4.90 Å². The highest BCUT2D eigenvalue weighted by Gasteiger charge is 2.29. The number of carbonyl (C=O) groups excluding carboxylic acids is 1. The van der Waals surface area contributed by atoms with Gasteiger partial charge in [0, 0.05) is 17.8 Å². The van der Waals surface area contributed by atoms with Gasteiger partial charge in [0.05, 0.1) is 0 Å². The van der Waals surface area contributed by atoms with Crippen LogP contribution in [0.15, 0.2) is 54.6 Å². The first kappa shape index (κ1) is 16.5. The van der Waals surface area contributed by atoms with Crippen molar-refractivity contribution < 1.29 is 4.79 Å². The molecule has 0 saturated heterocycles. The highest BCUT2D eigenvalue weighted by atomic mass is 16.2. The van der Waals surface area contributed by atoms with Crippen LogP contribution in [0.5, 0.6) is 0 Å². The minimum atomic E-state index is 0.0485. The number of rotatable bonds is 2. The van der Waals surface area contributed by atoms with Crippen LogP contribution in [0.4, 0.5) is 5.69 Å². The van der Waals surface area contributed by atoms with Crippen LogP contribution in [0.3, 0.4) is 0 Å². The Morgan fingerprint density at radius 3 is 2.42 bits per heavy atom. The number of para-hydroxylation sites is 1. The quantitative estimate of drug-likeness (QED) is 0.715. The molecule has 1 atom stereocenters. The third-order valence-corrected chi connectivity index (χ3v) is 4.64. The van der Waals surface area contributed by atoms with E-state index in [1.54, 1.807) is 6.08 Å². The van der Waals surface area contributed by atoms with Crippen molar-refractivity contribution in [1.29, 1.82) is 0 Å². The van der Waals surface area contributed by atoms with Gasteiger partial charge in [0.2, 0.25) is 0 Å². The lowest BCUT2D eigenvalue weighted by atomic mass is 9.87. The van der Waals surface area contributed by atoms with E-state index in [0.717, 1.165) is 17.7 Å². The fraction of sp³-hybridized carbons (Fsp3) is 0.318. The Kier molecular flexibility index (Phi) is 4.31. The van der Waals surface area contributed by atoms with Gasteiger partial charge in [0.15, 0.2) is 0 Å². The van der Waals surface area contributed by atoms with Gasteiger partial charge in [-0.2, -0.15) is 0 Å². The van der Waals surface area contributed by atoms with Gasteiger partial charge in [-0.25, -0.2) is 0 Å². The molecule has 0 aliphatic carbocycles. The molecule has 1 heterocycles. The molecule has 2 aromatic rings. The summed E-state index contributed by atoms with van der Waals surface area (Å²) in [6.45, 7) is 8.71. The number of amides is 1. The Balaban J connectivity index is 1.76. The number of hydrogen-bond donors (Lipinski definition) is 0. The molecule has 0 radical (unpaired) electrons. The molecule has 2 nitrogen and oxygen atoms in total. The van der Waals surface area contributed by atoms with Crippen LogP contribution < -0.4 is 4.90 Å². The highest BCUT2D eigenvalue weighted by molar-refractivity contribution is 6.05. The molecule has 0 saturated carbocycles. The van der Waals surface area contributed by atoms with Gasteiger partial charge >= 0.3 is 0 Å². The second-order valence-electron chi connectivity index (χ2n) is 7.60. The van der Waals surface area contributed by atoms with Crippen molar-refractivity contribution in [3.63, 3.8) is 0 Å². The summed E-state index contributed by atoms with van der Waals surface area (Å²) in [7, 11) is 0. The predicted octanol–water partition coefficient (Wildman–Crippen LogP) is 4.98. The van der Waals surface area contributed by atoms with Crippen molar-refractivity contribution in [3.8, 4) is 0 Å². The van der Waals surface area contributed by atoms with Crippen LogP contribution in [0, 0.1) is 0 Å². The van der Waals surface area contributed by atoms with E-state index >= 15 is 0 Å². The Labute approximate surface area is 144 Å². The molecule has 1 unspecified atom stereocenters. The number of benzene rings is 2. The first-order valence-corrected chi connectivity index (χ1v) is 8.56. The number of hydrogen-bond acceptors (Lipinski definition) is 1. The van der Waals surface area contributed by atoms with Crippen molar-refractivity contribution in [2.24, 2.45) is 0 Å². The summed E-state index contributed by atoms with van der Waals surface area (Å²) >= 11 is 0. The van der Waals surface area contributed by atoms with Gasteiger partial charge in [-0.05, 0) is 47.6 Å². The van der Waals surface area contributed by atoms with Crippen molar-refractivity contribution in [2.75, 3.05) is 4.90 Å². The Hall–Kier alpha value is -2.35. The monoisotopic (exact) mass is 319 g/mol. The first-order chi connectivity index (χ1) is 11.4.